The summed E-state index contributed by atoms with van der Waals surface area (Å²) in [7, 11) is 2.86. The van der Waals surface area contributed by atoms with Gasteiger partial charge in [0.2, 0.25) is 0 Å². The Bertz CT molecular complexity index is 579. The SMILES string of the molecule is CON(C)[C@@H]1O[C@H](COC(C)=O)[C@@H](OC(C)=O)[C@H](OC(C)=O)[C@H]1N=[N+]=[N-]. The summed E-state index contributed by atoms with van der Waals surface area (Å²) in [4.78, 5) is 42.0. The Morgan fingerprint density at radius 1 is 1.12 bits per heavy atom. The van der Waals surface area contributed by atoms with E-state index in [1.807, 2.05) is 0 Å². The van der Waals surface area contributed by atoms with Crippen LogP contribution in [0.1, 0.15) is 20.8 Å². The lowest BCUT2D eigenvalue weighted by Crippen LogP contribution is -2.63. The second-order valence-electron chi connectivity index (χ2n) is 5.44. The van der Waals surface area contributed by atoms with Gasteiger partial charge in [-0.15, -0.1) is 0 Å². The average Bonchev–Trinajstić information content (AvgIpc) is 2.55. The van der Waals surface area contributed by atoms with E-state index in [-0.39, 0.29) is 6.61 Å². The zero-order chi connectivity index (χ0) is 19.9. The predicted octanol–water partition coefficient (Wildman–Crippen LogP) is 0.310. The smallest absolute Gasteiger partial charge is 0.303 e. The number of hydrogen-bond donors (Lipinski definition) is 0. The number of esters is 3. The molecular formula is C14H22N4O8. The highest BCUT2D eigenvalue weighted by atomic mass is 16.7. The maximum Gasteiger partial charge on any atom is 0.303 e. The number of hydrogen-bond acceptors (Lipinski definition) is 10. The Hall–Kier alpha value is -2.40. The first kappa shape index (κ1) is 21.6. The Balaban J connectivity index is 3.30. The fraction of sp³-hybridized carbons (Fsp3) is 0.786. The summed E-state index contributed by atoms with van der Waals surface area (Å²) in [6, 6.07) is -1.09. The van der Waals surface area contributed by atoms with E-state index < -0.39 is 48.5 Å². The molecule has 0 aromatic carbocycles. The van der Waals surface area contributed by atoms with Gasteiger partial charge >= 0.3 is 17.9 Å². The summed E-state index contributed by atoms with van der Waals surface area (Å²) in [5.74, 6) is -1.94. The molecule has 146 valence electrons. The fourth-order valence-corrected chi connectivity index (χ4v) is 2.49. The molecule has 1 rings (SSSR count). The molecule has 5 atom stereocenters. The molecule has 12 heteroatoms. The lowest BCUT2D eigenvalue weighted by molar-refractivity contribution is -0.295. The molecule has 1 heterocycles. The van der Waals surface area contributed by atoms with Gasteiger partial charge in [0.25, 0.3) is 0 Å². The molecule has 0 unspecified atom stereocenters. The Labute approximate surface area is 149 Å². The maximum absolute atomic E-state index is 11.5. The van der Waals surface area contributed by atoms with Gasteiger partial charge in [-0.05, 0) is 5.53 Å². The Morgan fingerprint density at radius 2 is 1.69 bits per heavy atom. The highest BCUT2D eigenvalue weighted by Gasteiger charge is 2.51. The van der Waals surface area contributed by atoms with Crippen molar-refractivity contribution in [1.29, 1.82) is 0 Å². The molecule has 0 aromatic heterocycles. The van der Waals surface area contributed by atoms with E-state index in [4.69, 9.17) is 29.3 Å². The van der Waals surface area contributed by atoms with Crippen LogP contribution >= 0.6 is 0 Å². The minimum Gasteiger partial charge on any atom is -0.463 e. The number of likely N-dealkylation sites (N-methyl/N-ethyl adjacent to an activating group) is 1. The van der Waals surface area contributed by atoms with Crippen LogP contribution in [0.25, 0.3) is 10.4 Å². The standard InChI is InChI=1S/C14H22N4O8/c1-7(19)23-6-10-12(24-8(2)20)13(25-9(3)21)11(16-17-15)14(26-10)18(4)22-5/h10-14H,6H2,1-5H3/t10-,11-,12-,13-,14-/m1/s1. The molecule has 1 saturated heterocycles. The third-order valence-electron chi connectivity index (χ3n) is 3.52. The fourth-order valence-electron chi connectivity index (χ4n) is 2.49. The molecule has 12 nitrogen and oxygen atoms in total. The molecule has 0 aromatic rings. The van der Waals surface area contributed by atoms with Crippen molar-refractivity contribution in [2.24, 2.45) is 5.11 Å². The van der Waals surface area contributed by atoms with Crippen LogP contribution in [0.2, 0.25) is 0 Å². The van der Waals surface area contributed by atoms with Crippen LogP contribution in [0, 0.1) is 0 Å². The monoisotopic (exact) mass is 374 g/mol. The largest absolute Gasteiger partial charge is 0.463 e. The molecule has 1 aliphatic heterocycles. The van der Waals surface area contributed by atoms with Gasteiger partial charge in [0, 0.05) is 32.7 Å². The minimum absolute atomic E-state index is 0.276. The number of hydroxylamine groups is 2. The van der Waals surface area contributed by atoms with Crippen molar-refractivity contribution in [1.82, 2.24) is 5.06 Å². The number of nitrogens with zero attached hydrogens (tertiary/aromatic N) is 4. The highest BCUT2D eigenvalue weighted by Crippen LogP contribution is 2.30. The van der Waals surface area contributed by atoms with Crippen molar-refractivity contribution in [3.63, 3.8) is 0 Å². The van der Waals surface area contributed by atoms with E-state index in [0.29, 0.717) is 0 Å². The van der Waals surface area contributed by atoms with Crippen molar-refractivity contribution < 1.29 is 38.2 Å². The highest BCUT2D eigenvalue weighted by molar-refractivity contribution is 5.68. The molecule has 0 bridgehead atoms. The average molecular weight is 374 g/mol. The summed E-state index contributed by atoms with van der Waals surface area (Å²) < 4.78 is 21.2. The van der Waals surface area contributed by atoms with Crippen LogP contribution in [0.3, 0.4) is 0 Å². The number of carbonyl (C=O) groups is 3. The summed E-state index contributed by atoms with van der Waals surface area (Å²) in [5.41, 5.74) is 8.88. The van der Waals surface area contributed by atoms with Crippen molar-refractivity contribution in [2.75, 3.05) is 20.8 Å². The van der Waals surface area contributed by atoms with Crippen LogP contribution in [-0.2, 0) is 38.2 Å². The quantitative estimate of drug-likeness (QED) is 0.153. The molecule has 0 saturated carbocycles. The van der Waals surface area contributed by atoms with Crippen molar-refractivity contribution in [3.05, 3.63) is 10.4 Å². The van der Waals surface area contributed by atoms with Gasteiger partial charge in [-0.1, -0.05) is 5.11 Å². The van der Waals surface area contributed by atoms with Crippen LogP contribution in [0.5, 0.6) is 0 Å². The van der Waals surface area contributed by atoms with E-state index in [1.165, 1.54) is 26.1 Å². The minimum atomic E-state index is -1.18. The van der Waals surface area contributed by atoms with Crippen LogP contribution in [0.4, 0.5) is 0 Å². The van der Waals surface area contributed by atoms with Gasteiger partial charge in [0.05, 0.1) is 7.11 Å². The van der Waals surface area contributed by atoms with E-state index in [1.54, 1.807) is 0 Å². The molecular weight excluding hydrogens is 352 g/mol. The summed E-state index contributed by atoms with van der Waals surface area (Å²) in [6.07, 6.45) is -4.32. The summed E-state index contributed by atoms with van der Waals surface area (Å²) in [6.45, 7) is 3.24. The lowest BCUT2D eigenvalue weighted by atomic mass is 9.96. The van der Waals surface area contributed by atoms with Gasteiger partial charge in [-0.2, -0.15) is 5.06 Å². The van der Waals surface area contributed by atoms with Gasteiger partial charge < -0.3 is 23.8 Å². The number of ether oxygens (including phenoxy) is 4. The molecule has 0 aliphatic carbocycles. The van der Waals surface area contributed by atoms with E-state index in [0.717, 1.165) is 13.8 Å². The summed E-state index contributed by atoms with van der Waals surface area (Å²) in [5, 5.41) is 4.85. The van der Waals surface area contributed by atoms with Gasteiger partial charge in [-0.25, -0.2) is 0 Å². The van der Waals surface area contributed by atoms with Crippen molar-refractivity contribution >= 4 is 17.9 Å². The van der Waals surface area contributed by atoms with Crippen molar-refractivity contribution in [2.45, 2.75) is 51.4 Å². The Morgan fingerprint density at radius 3 is 2.15 bits per heavy atom. The predicted molar refractivity (Wildman–Crippen MR) is 84.1 cm³/mol. The van der Waals surface area contributed by atoms with E-state index in [2.05, 4.69) is 10.0 Å². The third kappa shape index (κ3) is 5.85. The molecule has 1 fully saturated rings. The van der Waals surface area contributed by atoms with Crippen molar-refractivity contribution in [3.8, 4) is 0 Å². The molecule has 0 radical (unpaired) electrons. The zero-order valence-corrected chi connectivity index (χ0v) is 15.1. The first-order valence-corrected chi connectivity index (χ1v) is 7.65. The zero-order valence-electron chi connectivity index (χ0n) is 15.1. The second-order valence-corrected chi connectivity index (χ2v) is 5.44. The van der Waals surface area contributed by atoms with E-state index >= 15 is 0 Å². The van der Waals surface area contributed by atoms with Gasteiger partial charge in [0.15, 0.2) is 12.2 Å². The summed E-state index contributed by atoms with van der Waals surface area (Å²) >= 11 is 0. The van der Waals surface area contributed by atoms with Crippen LogP contribution in [-0.4, -0.2) is 74.3 Å². The molecule has 0 spiro atoms. The first-order valence-electron chi connectivity index (χ1n) is 7.65. The molecule has 0 N–H and O–H groups in total. The third-order valence-corrected chi connectivity index (χ3v) is 3.52. The first-order chi connectivity index (χ1) is 12.2. The normalized spacial score (nSPS) is 28.0. The molecule has 1 aliphatic rings. The van der Waals surface area contributed by atoms with Gasteiger partial charge in [0.1, 0.15) is 25.0 Å². The number of azide groups is 1. The lowest BCUT2D eigenvalue weighted by Gasteiger charge is -2.45. The maximum atomic E-state index is 11.5. The number of carbonyl (C=O) groups excluding carboxylic acids is 3. The number of rotatable bonds is 7. The second kappa shape index (κ2) is 9.92. The molecule has 0 amide bonds. The van der Waals surface area contributed by atoms with Crippen LogP contribution in [0.15, 0.2) is 5.11 Å². The topological polar surface area (TPSA) is 149 Å². The Kier molecular flexibility index (Phi) is 8.26. The molecule has 26 heavy (non-hydrogen) atoms. The van der Waals surface area contributed by atoms with Crippen LogP contribution < -0.4 is 0 Å². The van der Waals surface area contributed by atoms with Gasteiger partial charge in [-0.3, -0.25) is 14.4 Å². The van der Waals surface area contributed by atoms with E-state index in [9.17, 15) is 14.4 Å².